The maximum absolute atomic E-state index is 13.3. The molecule has 7 nitrogen and oxygen atoms in total. The predicted octanol–water partition coefficient (Wildman–Crippen LogP) is 2.35. The molecule has 2 aliphatic rings. The first-order valence-electron chi connectivity index (χ1n) is 7.98. The minimum atomic E-state index is -4.72. The van der Waals surface area contributed by atoms with E-state index < -0.39 is 18.0 Å². The summed E-state index contributed by atoms with van der Waals surface area (Å²) in [5.74, 6) is -3.16. The van der Waals surface area contributed by atoms with Gasteiger partial charge >= 0.3 is 6.18 Å². The molecule has 10 heteroatoms. The van der Waals surface area contributed by atoms with Gasteiger partial charge in [0.15, 0.2) is 5.92 Å². The molecule has 1 aromatic heterocycles. The second kappa shape index (κ2) is 7.02. The molecule has 140 valence electrons. The number of carbonyl (C=O) groups is 1. The van der Waals surface area contributed by atoms with Crippen LogP contribution in [0, 0.1) is 5.92 Å². The minimum Gasteiger partial charge on any atom is -0.476 e. The van der Waals surface area contributed by atoms with Crippen molar-refractivity contribution in [3.63, 3.8) is 0 Å². The third kappa shape index (κ3) is 3.85. The molecule has 0 saturated heterocycles. The summed E-state index contributed by atoms with van der Waals surface area (Å²) in [6, 6.07) is 3.47. The molecule has 0 radical (unpaired) electrons. The first-order valence-corrected chi connectivity index (χ1v) is 7.98. The number of halogens is 3. The van der Waals surface area contributed by atoms with Gasteiger partial charge in [0.1, 0.15) is 6.61 Å². The normalized spacial score (nSPS) is 19.8. The Labute approximate surface area is 148 Å². The fraction of sp³-hybridized carbons (Fsp3) is 0.500. The SMILES string of the molecule is CN(C)CCOc1ccc2c(n1)CN(C1=CN=NC(=O)C1C(F)(F)F)C2. The van der Waals surface area contributed by atoms with Gasteiger partial charge in [-0.15, -0.1) is 5.11 Å². The molecule has 3 rings (SSSR count). The number of alkyl halides is 3. The maximum Gasteiger partial charge on any atom is 0.406 e. The third-order valence-corrected chi connectivity index (χ3v) is 4.11. The van der Waals surface area contributed by atoms with Gasteiger partial charge in [-0.05, 0) is 25.7 Å². The molecule has 0 aromatic carbocycles. The summed E-state index contributed by atoms with van der Waals surface area (Å²) in [5.41, 5.74) is 1.22. The number of pyridine rings is 1. The molecule has 1 amide bonds. The first-order chi connectivity index (χ1) is 12.3. The van der Waals surface area contributed by atoms with Crippen LogP contribution < -0.4 is 4.74 Å². The molecule has 26 heavy (non-hydrogen) atoms. The van der Waals surface area contributed by atoms with Gasteiger partial charge in [0, 0.05) is 19.2 Å². The van der Waals surface area contributed by atoms with Crippen molar-refractivity contribution in [1.82, 2.24) is 14.8 Å². The number of likely N-dealkylation sites (N-methyl/N-ethyl adjacent to an activating group) is 1. The summed E-state index contributed by atoms with van der Waals surface area (Å²) in [7, 11) is 3.84. The summed E-state index contributed by atoms with van der Waals surface area (Å²) < 4.78 is 45.4. The highest BCUT2D eigenvalue weighted by Crippen LogP contribution is 2.39. The van der Waals surface area contributed by atoms with Crippen molar-refractivity contribution >= 4 is 5.91 Å². The van der Waals surface area contributed by atoms with Crippen molar-refractivity contribution in [2.24, 2.45) is 16.1 Å². The van der Waals surface area contributed by atoms with Crippen LogP contribution in [0.2, 0.25) is 0 Å². The number of azo groups is 1. The van der Waals surface area contributed by atoms with E-state index in [1.165, 1.54) is 4.90 Å². The second-order valence-electron chi connectivity index (χ2n) is 6.35. The summed E-state index contributed by atoms with van der Waals surface area (Å²) in [5, 5.41) is 6.44. The number of fused-ring (bicyclic) bond motifs is 1. The Morgan fingerprint density at radius 3 is 2.77 bits per heavy atom. The summed E-state index contributed by atoms with van der Waals surface area (Å²) >= 11 is 0. The monoisotopic (exact) mass is 369 g/mol. The number of nitrogens with zero attached hydrogens (tertiary/aromatic N) is 5. The number of amides is 1. The molecule has 3 heterocycles. The zero-order valence-corrected chi connectivity index (χ0v) is 14.3. The lowest BCUT2D eigenvalue weighted by molar-refractivity contribution is -0.177. The van der Waals surface area contributed by atoms with Crippen molar-refractivity contribution in [3.8, 4) is 5.88 Å². The van der Waals surface area contributed by atoms with E-state index in [0.29, 0.717) is 18.2 Å². The predicted molar refractivity (Wildman–Crippen MR) is 85.0 cm³/mol. The smallest absolute Gasteiger partial charge is 0.406 e. The lowest BCUT2D eigenvalue weighted by atomic mass is 10.0. The van der Waals surface area contributed by atoms with Gasteiger partial charge in [-0.1, -0.05) is 0 Å². The van der Waals surface area contributed by atoms with Gasteiger partial charge in [0.25, 0.3) is 5.91 Å². The number of hydrogen-bond donors (Lipinski definition) is 0. The number of hydrogen-bond acceptors (Lipinski definition) is 6. The molecular formula is C16H18F3N5O2. The van der Waals surface area contributed by atoms with E-state index >= 15 is 0 Å². The Bertz CT molecular complexity index is 761. The fourth-order valence-corrected chi connectivity index (χ4v) is 2.80. The van der Waals surface area contributed by atoms with Crippen LogP contribution in [0.5, 0.6) is 5.88 Å². The zero-order chi connectivity index (χ0) is 18.9. The maximum atomic E-state index is 13.3. The standard InChI is InChI=1S/C16H18F3N5O2/c1-23(2)5-6-26-13-4-3-10-8-24(9-11(10)21-13)12-7-20-22-15(25)14(12)16(17,18)19/h3-4,7,14H,5-6,8-9H2,1-2H3. The van der Waals surface area contributed by atoms with Crippen LogP contribution in [0.15, 0.2) is 34.3 Å². The van der Waals surface area contributed by atoms with Crippen LogP contribution in [-0.2, 0) is 17.9 Å². The number of carbonyl (C=O) groups excluding carboxylic acids is 1. The van der Waals surface area contributed by atoms with Crippen molar-refractivity contribution in [3.05, 3.63) is 35.3 Å². The Balaban J connectivity index is 1.74. The summed E-state index contributed by atoms with van der Waals surface area (Å²) in [6.07, 6.45) is -3.72. The largest absolute Gasteiger partial charge is 0.476 e. The van der Waals surface area contributed by atoms with E-state index in [1.807, 2.05) is 19.0 Å². The first kappa shape index (κ1) is 18.3. The fourth-order valence-electron chi connectivity index (χ4n) is 2.80. The molecule has 0 spiro atoms. The van der Waals surface area contributed by atoms with Crippen LogP contribution in [0.3, 0.4) is 0 Å². The average molecular weight is 369 g/mol. The Hall–Kier alpha value is -2.49. The molecule has 0 N–H and O–H groups in total. The molecule has 1 aromatic rings. The molecular weight excluding hydrogens is 351 g/mol. The number of rotatable bonds is 5. The van der Waals surface area contributed by atoms with Crippen molar-refractivity contribution in [1.29, 1.82) is 0 Å². The molecule has 0 aliphatic carbocycles. The molecule has 0 bridgehead atoms. The average Bonchev–Trinajstić information content (AvgIpc) is 2.96. The number of ether oxygens (including phenoxy) is 1. The molecule has 2 aliphatic heterocycles. The van der Waals surface area contributed by atoms with E-state index in [0.717, 1.165) is 18.3 Å². The molecule has 1 unspecified atom stereocenters. The highest BCUT2D eigenvalue weighted by atomic mass is 19.4. The van der Waals surface area contributed by atoms with Gasteiger partial charge in [-0.25, -0.2) is 4.98 Å². The Morgan fingerprint density at radius 1 is 1.31 bits per heavy atom. The summed E-state index contributed by atoms with van der Waals surface area (Å²) in [6.45, 7) is 1.56. The lowest BCUT2D eigenvalue weighted by Gasteiger charge is -2.28. The molecule has 0 fully saturated rings. The van der Waals surface area contributed by atoms with Gasteiger partial charge in [0.05, 0.1) is 24.1 Å². The van der Waals surface area contributed by atoms with Gasteiger partial charge < -0.3 is 14.5 Å². The van der Waals surface area contributed by atoms with Crippen LogP contribution >= 0.6 is 0 Å². The second-order valence-corrected chi connectivity index (χ2v) is 6.35. The molecule has 1 atom stereocenters. The quantitative estimate of drug-likeness (QED) is 0.797. The third-order valence-electron chi connectivity index (χ3n) is 4.11. The van der Waals surface area contributed by atoms with E-state index in [1.54, 1.807) is 12.1 Å². The minimum absolute atomic E-state index is 0.154. The van der Waals surface area contributed by atoms with Crippen LogP contribution in [0.4, 0.5) is 13.2 Å². The highest BCUT2D eigenvalue weighted by molar-refractivity contribution is 5.83. The van der Waals surface area contributed by atoms with Crippen LogP contribution in [0.25, 0.3) is 0 Å². The topological polar surface area (TPSA) is 70.4 Å². The Morgan fingerprint density at radius 2 is 2.08 bits per heavy atom. The van der Waals surface area contributed by atoms with Crippen molar-refractivity contribution < 1.29 is 22.7 Å². The molecule has 0 saturated carbocycles. The summed E-state index contributed by atoms with van der Waals surface area (Å²) in [4.78, 5) is 19.4. The zero-order valence-electron chi connectivity index (χ0n) is 14.3. The van der Waals surface area contributed by atoms with Crippen molar-refractivity contribution in [2.75, 3.05) is 27.2 Å². The van der Waals surface area contributed by atoms with E-state index in [-0.39, 0.29) is 18.8 Å². The van der Waals surface area contributed by atoms with Crippen LogP contribution in [0.1, 0.15) is 11.3 Å². The number of aromatic nitrogens is 1. The van der Waals surface area contributed by atoms with E-state index in [2.05, 4.69) is 15.2 Å². The van der Waals surface area contributed by atoms with Gasteiger partial charge in [0.2, 0.25) is 5.88 Å². The highest BCUT2D eigenvalue weighted by Gasteiger charge is 2.50. The van der Waals surface area contributed by atoms with Gasteiger partial charge in [-0.2, -0.15) is 18.3 Å². The van der Waals surface area contributed by atoms with E-state index in [9.17, 15) is 18.0 Å². The lowest BCUT2D eigenvalue weighted by Crippen LogP contribution is -2.38. The Kier molecular flexibility index (Phi) is 4.94. The van der Waals surface area contributed by atoms with Crippen molar-refractivity contribution in [2.45, 2.75) is 19.3 Å². The van der Waals surface area contributed by atoms with E-state index in [4.69, 9.17) is 4.74 Å². The van der Waals surface area contributed by atoms with Gasteiger partial charge in [-0.3, -0.25) is 4.79 Å². The van der Waals surface area contributed by atoms with Crippen LogP contribution in [-0.4, -0.2) is 54.1 Å².